The number of Topliss-reactive ketones (excluding diaryl/α,β-unsaturated/α-hetero) is 1. The molecule has 138 valence electrons. The molecular formula is C20H24N2O3S. The van der Waals surface area contributed by atoms with E-state index in [-0.39, 0.29) is 30.6 Å². The molecule has 0 aliphatic carbocycles. The Morgan fingerprint density at radius 2 is 1.85 bits per heavy atom. The highest BCUT2D eigenvalue weighted by Crippen LogP contribution is 2.17. The van der Waals surface area contributed by atoms with Crippen LogP contribution in [-0.2, 0) is 9.53 Å². The predicted octanol–water partition coefficient (Wildman–Crippen LogP) is 2.90. The van der Waals surface area contributed by atoms with Crippen molar-refractivity contribution in [1.82, 2.24) is 10.2 Å². The smallest absolute Gasteiger partial charge is 0.220 e. The van der Waals surface area contributed by atoms with Crippen molar-refractivity contribution in [3.05, 3.63) is 58.3 Å². The van der Waals surface area contributed by atoms with Crippen molar-refractivity contribution in [2.75, 3.05) is 32.8 Å². The number of thiophene rings is 1. The molecule has 1 atom stereocenters. The molecule has 1 saturated heterocycles. The van der Waals surface area contributed by atoms with Crippen LogP contribution in [0, 0.1) is 0 Å². The molecule has 1 fully saturated rings. The summed E-state index contributed by atoms with van der Waals surface area (Å²) in [6.07, 6.45) is 0.453. The molecule has 1 aromatic heterocycles. The van der Waals surface area contributed by atoms with Gasteiger partial charge in [-0.25, -0.2) is 0 Å². The molecule has 26 heavy (non-hydrogen) atoms. The lowest BCUT2D eigenvalue weighted by molar-refractivity contribution is -0.122. The highest BCUT2D eigenvalue weighted by atomic mass is 32.1. The van der Waals surface area contributed by atoms with E-state index in [9.17, 15) is 9.59 Å². The molecule has 0 spiro atoms. The van der Waals surface area contributed by atoms with E-state index in [0.717, 1.165) is 38.4 Å². The Balaban J connectivity index is 1.57. The number of nitrogens with zero attached hydrogens (tertiary/aromatic N) is 1. The average Bonchev–Trinajstić information content (AvgIpc) is 3.22. The monoisotopic (exact) mass is 372 g/mol. The molecule has 6 heteroatoms. The third-order valence-electron chi connectivity index (χ3n) is 4.46. The second-order valence-electron chi connectivity index (χ2n) is 6.34. The number of ketones is 1. The van der Waals surface area contributed by atoms with Crippen LogP contribution in [0.1, 0.15) is 34.1 Å². The summed E-state index contributed by atoms with van der Waals surface area (Å²) in [5.41, 5.74) is 1.08. The number of hydrogen-bond donors (Lipinski definition) is 1. The Morgan fingerprint density at radius 3 is 2.54 bits per heavy atom. The first-order valence-corrected chi connectivity index (χ1v) is 9.81. The lowest BCUT2D eigenvalue weighted by Gasteiger charge is -2.31. The number of carbonyl (C=O) groups excluding carboxylic acids is 2. The number of hydrogen-bond acceptors (Lipinski definition) is 5. The molecular weight excluding hydrogens is 348 g/mol. The topological polar surface area (TPSA) is 58.6 Å². The van der Waals surface area contributed by atoms with Gasteiger partial charge in [-0.1, -0.05) is 36.4 Å². The van der Waals surface area contributed by atoms with E-state index in [1.165, 1.54) is 11.3 Å². The van der Waals surface area contributed by atoms with Crippen LogP contribution in [0.25, 0.3) is 0 Å². The van der Waals surface area contributed by atoms with Gasteiger partial charge in [-0.15, -0.1) is 11.3 Å². The summed E-state index contributed by atoms with van der Waals surface area (Å²) in [7, 11) is 0. The van der Waals surface area contributed by atoms with Crippen LogP contribution >= 0.6 is 11.3 Å². The maximum atomic E-state index is 12.4. The Kier molecular flexibility index (Phi) is 6.94. The quantitative estimate of drug-likeness (QED) is 0.724. The molecule has 0 radical (unpaired) electrons. The van der Waals surface area contributed by atoms with Crippen molar-refractivity contribution in [2.45, 2.75) is 18.9 Å². The third-order valence-corrected chi connectivity index (χ3v) is 5.37. The van der Waals surface area contributed by atoms with Gasteiger partial charge in [-0.3, -0.25) is 14.5 Å². The first-order valence-electron chi connectivity index (χ1n) is 8.93. The van der Waals surface area contributed by atoms with Crippen LogP contribution in [0.5, 0.6) is 0 Å². The van der Waals surface area contributed by atoms with Gasteiger partial charge in [-0.05, 0) is 17.0 Å². The minimum absolute atomic E-state index is 0.0274. The van der Waals surface area contributed by atoms with Crippen molar-refractivity contribution >= 4 is 23.0 Å². The molecule has 0 bridgehead atoms. The number of nitrogens with one attached hydrogen (secondary N) is 1. The Morgan fingerprint density at radius 1 is 1.08 bits per heavy atom. The van der Waals surface area contributed by atoms with Crippen LogP contribution in [-0.4, -0.2) is 49.4 Å². The van der Waals surface area contributed by atoms with E-state index < -0.39 is 0 Å². The molecule has 2 aromatic rings. The van der Waals surface area contributed by atoms with E-state index in [0.29, 0.717) is 4.88 Å². The Labute approximate surface area is 158 Å². The Hall–Kier alpha value is -2.02. The molecule has 0 unspecified atom stereocenters. The SMILES string of the molecule is O=C(CCC(=O)c1cccs1)N[C@@H](CN1CCOCC1)c1ccccc1. The number of ether oxygens (including phenoxy) is 1. The van der Waals surface area contributed by atoms with Gasteiger partial charge in [0.25, 0.3) is 0 Å². The van der Waals surface area contributed by atoms with Crippen LogP contribution in [0.3, 0.4) is 0 Å². The predicted molar refractivity (Wildman–Crippen MR) is 102 cm³/mol. The lowest BCUT2D eigenvalue weighted by atomic mass is 10.1. The molecule has 5 nitrogen and oxygen atoms in total. The molecule has 3 rings (SSSR count). The zero-order chi connectivity index (χ0) is 18.2. The molecule has 1 aliphatic heterocycles. The van der Waals surface area contributed by atoms with Crippen molar-refractivity contribution in [2.24, 2.45) is 0 Å². The van der Waals surface area contributed by atoms with Crippen LogP contribution in [0.4, 0.5) is 0 Å². The van der Waals surface area contributed by atoms with Gasteiger partial charge in [0.2, 0.25) is 5.91 Å². The van der Waals surface area contributed by atoms with Crippen molar-refractivity contribution in [3.63, 3.8) is 0 Å². The summed E-state index contributed by atoms with van der Waals surface area (Å²) in [5, 5.41) is 4.99. The number of benzene rings is 1. The summed E-state index contributed by atoms with van der Waals surface area (Å²) in [5.74, 6) is -0.0587. The molecule has 1 N–H and O–H groups in total. The highest BCUT2D eigenvalue weighted by molar-refractivity contribution is 7.12. The summed E-state index contributed by atoms with van der Waals surface area (Å²) in [6, 6.07) is 13.6. The van der Waals surface area contributed by atoms with Crippen molar-refractivity contribution in [1.29, 1.82) is 0 Å². The number of morpholine rings is 1. The molecule has 1 amide bonds. The fourth-order valence-corrected chi connectivity index (χ4v) is 3.71. The highest BCUT2D eigenvalue weighted by Gasteiger charge is 2.20. The number of rotatable bonds is 8. The van der Waals surface area contributed by atoms with Gasteiger partial charge in [0, 0.05) is 32.5 Å². The molecule has 1 aromatic carbocycles. The normalized spacial score (nSPS) is 16.2. The standard InChI is InChI=1S/C20H24N2O3S/c23-18(19-7-4-14-26-19)8-9-20(24)21-17(16-5-2-1-3-6-16)15-22-10-12-25-13-11-22/h1-7,14,17H,8-13,15H2,(H,21,24)/t17-/m0/s1. The van der Waals surface area contributed by atoms with Crippen LogP contribution < -0.4 is 5.32 Å². The maximum Gasteiger partial charge on any atom is 0.220 e. The summed E-state index contributed by atoms with van der Waals surface area (Å²) in [4.78, 5) is 27.5. The second kappa shape index (κ2) is 9.62. The van der Waals surface area contributed by atoms with Gasteiger partial charge >= 0.3 is 0 Å². The van der Waals surface area contributed by atoms with Crippen molar-refractivity contribution in [3.8, 4) is 0 Å². The lowest BCUT2D eigenvalue weighted by Crippen LogP contribution is -2.43. The Bertz CT molecular complexity index is 697. The largest absolute Gasteiger partial charge is 0.379 e. The zero-order valence-electron chi connectivity index (χ0n) is 14.7. The van der Waals surface area contributed by atoms with Gasteiger partial charge in [-0.2, -0.15) is 0 Å². The second-order valence-corrected chi connectivity index (χ2v) is 7.29. The molecule has 1 aliphatic rings. The number of amides is 1. The average molecular weight is 372 g/mol. The van der Waals surface area contributed by atoms with E-state index in [1.54, 1.807) is 6.07 Å². The first kappa shape index (κ1) is 18.8. The zero-order valence-corrected chi connectivity index (χ0v) is 15.5. The third kappa shape index (κ3) is 5.49. The fraction of sp³-hybridized carbons (Fsp3) is 0.400. The van der Waals surface area contributed by atoms with Gasteiger partial charge in [0.05, 0.1) is 24.1 Å². The summed E-state index contributed by atoms with van der Waals surface area (Å²) in [6.45, 7) is 3.94. The van der Waals surface area contributed by atoms with Gasteiger partial charge in [0.1, 0.15) is 0 Å². The minimum Gasteiger partial charge on any atom is -0.379 e. The molecule has 0 saturated carbocycles. The van der Waals surface area contributed by atoms with Crippen LogP contribution in [0.2, 0.25) is 0 Å². The van der Waals surface area contributed by atoms with E-state index in [1.807, 2.05) is 41.8 Å². The van der Waals surface area contributed by atoms with Crippen molar-refractivity contribution < 1.29 is 14.3 Å². The van der Waals surface area contributed by atoms with Crippen LogP contribution in [0.15, 0.2) is 47.8 Å². The first-order chi connectivity index (χ1) is 12.7. The van der Waals surface area contributed by atoms with E-state index in [4.69, 9.17) is 4.74 Å². The molecule has 2 heterocycles. The maximum absolute atomic E-state index is 12.4. The minimum atomic E-state index is -0.0861. The summed E-state index contributed by atoms with van der Waals surface area (Å²) < 4.78 is 5.40. The van der Waals surface area contributed by atoms with Gasteiger partial charge in [0.15, 0.2) is 5.78 Å². The van der Waals surface area contributed by atoms with E-state index >= 15 is 0 Å². The summed E-state index contributed by atoms with van der Waals surface area (Å²) >= 11 is 1.42. The fourth-order valence-electron chi connectivity index (χ4n) is 3.02. The van der Waals surface area contributed by atoms with Gasteiger partial charge < -0.3 is 10.1 Å². The van der Waals surface area contributed by atoms with E-state index in [2.05, 4.69) is 10.2 Å². The number of carbonyl (C=O) groups is 2.